The van der Waals surface area contributed by atoms with Crippen molar-refractivity contribution < 1.29 is 14.0 Å². The molecule has 3 fully saturated rings. The number of benzene rings is 1. The van der Waals surface area contributed by atoms with Gasteiger partial charge >= 0.3 is 6.03 Å². The predicted octanol–water partition coefficient (Wildman–Crippen LogP) is 3.47. The summed E-state index contributed by atoms with van der Waals surface area (Å²) in [6.45, 7) is 8.46. The van der Waals surface area contributed by atoms with Crippen LogP contribution in [-0.4, -0.2) is 86.0 Å². The third kappa shape index (κ3) is 5.96. The van der Waals surface area contributed by atoms with Crippen molar-refractivity contribution in [3.05, 3.63) is 24.0 Å². The highest BCUT2D eigenvalue weighted by Crippen LogP contribution is 2.26. The Kier molecular flexibility index (Phi) is 7.73. The van der Waals surface area contributed by atoms with Gasteiger partial charge in [-0.05, 0) is 69.8 Å². The molecule has 3 aliphatic heterocycles. The van der Waals surface area contributed by atoms with E-state index in [1.165, 1.54) is 6.07 Å². The van der Waals surface area contributed by atoms with Crippen molar-refractivity contribution in [3.63, 3.8) is 0 Å². The minimum absolute atomic E-state index is 0.141. The number of carbonyl (C=O) groups is 2. The monoisotopic (exact) mass is 459 g/mol. The van der Waals surface area contributed by atoms with Crippen LogP contribution in [0.5, 0.6) is 0 Å². The number of piperidine rings is 2. The molecule has 1 N–H and O–H groups in total. The molecule has 3 heterocycles. The zero-order valence-corrected chi connectivity index (χ0v) is 20.1. The Morgan fingerprint density at radius 1 is 0.939 bits per heavy atom. The molecule has 0 aromatic heterocycles. The molecule has 3 amide bonds. The number of hydrogen-bond donors (Lipinski definition) is 1. The zero-order valence-electron chi connectivity index (χ0n) is 20.1. The van der Waals surface area contributed by atoms with E-state index in [1.807, 2.05) is 4.90 Å². The molecule has 182 valence electrons. The fourth-order valence-corrected chi connectivity index (χ4v) is 5.18. The van der Waals surface area contributed by atoms with Gasteiger partial charge in [0.15, 0.2) is 0 Å². The van der Waals surface area contributed by atoms with Gasteiger partial charge in [0.05, 0.1) is 11.6 Å². The first kappa shape index (κ1) is 23.8. The topological polar surface area (TPSA) is 59.1 Å². The van der Waals surface area contributed by atoms with Gasteiger partial charge in [-0.2, -0.15) is 0 Å². The zero-order chi connectivity index (χ0) is 23.4. The first-order chi connectivity index (χ1) is 15.9. The number of likely N-dealkylation sites (N-methyl/N-ethyl adjacent to an activating group) is 1. The summed E-state index contributed by atoms with van der Waals surface area (Å²) >= 11 is 0. The molecule has 1 aromatic carbocycles. The van der Waals surface area contributed by atoms with E-state index < -0.39 is 0 Å². The van der Waals surface area contributed by atoms with Crippen LogP contribution in [0.3, 0.4) is 0 Å². The lowest BCUT2D eigenvalue weighted by Gasteiger charge is -2.37. The van der Waals surface area contributed by atoms with Crippen molar-refractivity contribution in [2.45, 2.75) is 39.0 Å². The molecule has 1 atom stereocenters. The average molecular weight is 460 g/mol. The SMILES string of the molecule is CC1CCN(C(=O)C2CCCN(C(=O)Nc3ccc(N4CCCN(C)CC4)c(F)c3)C2)CC1. The van der Waals surface area contributed by atoms with Crippen LogP contribution >= 0.6 is 0 Å². The van der Waals surface area contributed by atoms with E-state index >= 15 is 0 Å². The molecular formula is C25H38FN5O2. The van der Waals surface area contributed by atoms with Crippen LogP contribution in [0.4, 0.5) is 20.6 Å². The lowest BCUT2D eigenvalue weighted by Crippen LogP contribution is -2.49. The molecule has 1 unspecified atom stereocenters. The molecular weight excluding hydrogens is 421 g/mol. The Balaban J connectivity index is 1.33. The minimum Gasteiger partial charge on any atom is -0.368 e. The Morgan fingerprint density at radius 3 is 2.48 bits per heavy atom. The number of likely N-dealkylation sites (tertiary alicyclic amines) is 2. The lowest BCUT2D eigenvalue weighted by atomic mass is 9.93. The molecule has 3 saturated heterocycles. The average Bonchev–Trinajstić information content (AvgIpc) is 3.03. The van der Waals surface area contributed by atoms with Crippen LogP contribution < -0.4 is 10.2 Å². The third-order valence-corrected chi connectivity index (χ3v) is 7.41. The smallest absolute Gasteiger partial charge is 0.321 e. The summed E-state index contributed by atoms with van der Waals surface area (Å²) < 4.78 is 14.9. The molecule has 3 aliphatic rings. The number of carbonyl (C=O) groups excluding carboxylic acids is 2. The Bertz CT molecular complexity index is 842. The quantitative estimate of drug-likeness (QED) is 0.752. The highest BCUT2D eigenvalue weighted by molar-refractivity contribution is 5.90. The van der Waals surface area contributed by atoms with E-state index in [-0.39, 0.29) is 23.7 Å². The van der Waals surface area contributed by atoms with Gasteiger partial charge in [0.25, 0.3) is 0 Å². The fraction of sp³-hybridized carbons (Fsp3) is 0.680. The number of hydrogen-bond acceptors (Lipinski definition) is 4. The van der Waals surface area contributed by atoms with Crippen molar-refractivity contribution in [3.8, 4) is 0 Å². The van der Waals surface area contributed by atoms with Crippen molar-refractivity contribution in [2.24, 2.45) is 11.8 Å². The number of urea groups is 1. The molecule has 0 bridgehead atoms. The molecule has 0 saturated carbocycles. The van der Waals surface area contributed by atoms with Gasteiger partial charge in [0, 0.05) is 51.5 Å². The van der Waals surface area contributed by atoms with E-state index in [1.54, 1.807) is 17.0 Å². The van der Waals surface area contributed by atoms with Crippen molar-refractivity contribution in [1.29, 1.82) is 0 Å². The highest BCUT2D eigenvalue weighted by Gasteiger charge is 2.32. The second-order valence-electron chi connectivity index (χ2n) is 10.0. The molecule has 33 heavy (non-hydrogen) atoms. The maximum Gasteiger partial charge on any atom is 0.321 e. The van der Waals surface area contributed by atoms with Gasteiger partial charge in [-0.3, -0.25) is 4.79 Å². The van der Waals surface area contributed by atoms with E-state index in [9.17, 15) is 14.0 Å². The maximum absolute atomic E-state index is 14.9. The largest absolute Gasteiger partial charge is 0.368 e. The summed E-state index contributed by atoms with van der Waals surface area (Å²) in [5, 5.41) is 2.84. The predicted molar refractivity (Wildman–Crippen MR) is 129 cm³/mol. The number of nitrogens with one attached hydrogen (secondary N) is 1. The van der Waals surface area contributed by atoms with Crippen LogP contribution in [-0.2, 0) is 4.79 Å². The van der Waals surface area contributed by atoms with Crippen LogP contribution in [0.15, 0.2) is 18.2 Å². The molecule has 4 rings (SSSR count). The van der Waals surface area contributed by atoms with Crippen LogP contribution in [0.25, 0.3) is 0 Å². The fourth-order valence-electron chi connectivity index (χ4n) is 5.18. The second kappa shape index (κ2) is 10.7. The maximum atomic E-state index is 14.9. The summed E-state index contributed by atoms with van der Waals surface area (Å²) in [6, 6.07) is 4.68. The first-order valence-electron chi connectivity index (χ1n) is 12.5. The lowest BCUT2D eigenvalue weighted by molar-refractivity contribution is -0.138. The minimum atomic E-state index is -0.316. The van der Waals surface area contributed by atoms with Crippen molar-refractivity contribution in [2.75, 3.05) is 69.6 Å². The molecule has 7 nitrogen and oxygen atoms in total. The van der Waals surface area contributed by atoms with Crippen molar-refractivity contribution >= 4 is 23.3 Å². The van der Waals surface area contributed by atoms with Gasteiger partial charge in [-0.25, -0.2) is 9.18 Å². The first-order valence-corrected chi connectivity index (χ1v) is 12.5. The van der Waals surface area contributed by atoms with E-state index in [0.29, 0.717) is 30.4 Å². The summed E-state index contributed by atoms with van der Waals surface area (Å²) in [5.41, 5.74) is 1.04. The number of halogens is 1. The van der Waals surface area contributed by atoms with Gasteiger partial charge in [-0.15, -0.1) is 0 Å². The summed E-state index contributed by atoms with van der Waals surface area (Å²) in [7, 11) is 2.09. The van der Waals surface area contributed by atoms with Gasteiger partial charge in [-0.1, -0.05) is 6.92 Å². The number of nitrogens with zero attached hydrogens (tertiary/aromatic N) is 4. The van der Waals surface area contributed by atoms with Crippen molar-refractivity contribution in [1.82, 2.24) is 14.7 Å². The summed E-state index contributed by atoms with van der Waals surface area (Å²) in [4.78, 5) is 33.9. The third-order valence-electron chi connectivity index (χ3n) is 7.41. The Labute approximate surface area is 196 Å². The molecule has 8 heteroatoms. The summed E-state index contributed by atoms with van der Waals surface area (Å²) in [5.74, 6) is 0.398. The molecule has 0 radical (unpaired) electrons. The van der Waals surface area contributed by atoms with E-state index in [0.717, 1.165) is 71.4 Å². The molecule has 0 spiro atoms. The molecule has 1 aromatic rings. The number of rotatable bonds is 3. The van der Waals surface area contributed by atoms with Crippen LogP contribution in [0.2, 0.25) is 0 Å². The number of anilines is 2. The van der Waals surface area contributed by atoms with Gasteiger partial charge < -0.3 is 24.9 Å². The highest BCUT2D eigenvalue weighted by atomic mass is 19.1. The summed E-state index contributed by atoms with van der Waals surface area (Å²) in [6.07, 6.45) is 4.74. The standard InChI is InChI=1S/C25H38FN5O2/c1-19-8-13-30(14-9-19)24(32)20-5-3-11-31(18-20)25(33)27-21-6-7-23(22(26)17-21)29-12-4-10-28(2)15-16-29/h6-7,17,19-20H,3-5,8-16,18H2,1-2H3,(H,27,33). The van der Waals surface area contributed by atoms with E-state index in [2.05, 4.69) is 29.1 Å². The number of amides is 3. The Hall–Kier alpha value is -2.35. The van der Waals surface area contributed by atoms with Crippen LogP contribution in [0.1, 0.15) is 39.0 Å². The van der Waals surface area contributed by atoms with E-state index in [4.69, 9.17) is 0 Å². The normalized spacial score (nSPS) is 23.4. The van der Waals surface area contributed by atoms with Gasteiger partial charge in [0.2, 0.25) is 5.91 Å². The van der Waals surface area contributed by atoms with Crippen LogP contribution in [0, 0.1) is 17.7 Å². The van der Waals surface area contributed by atoms with Gasteiger partial charge in [0.1, 0.15) is 5.82 Å². The molecule has 0 aliphatic carbocycles. The second-order valence-corrected chi connectivity index (χ2v) is 10.0. The Morgan fingerprint density at radius 2 is 1.73 bits per heavy atom.